The van der Waals surface area contributed by atoms with Crippen molar-refractivity contribution in [1.29, 1.82) is 0 Å². The number of non-ortho nitro benzene ring substituents is 1. The Kier molecular flexibility index (Phi) is 8.98. The summed E-state index contributed by atoms with van der Waals surface area (Å²) < 4.78 is 12.2. The molecule has 0 radical (unpaired) electrons. The van der Waals surface area contributed by atoms with Gasteiger partial charge in [-0.05, 0) is 59.4 Å². The molecule has 0 saturated carbocycles. The summed E-state index contributed by atoms with van der Waals surface area (Å²) in [5.74, 6) is 0.151. The largest absolute Gasteiger partial charge is 0.490 e. The number of halogens is 1. The third-order valence-electron chi connectivity index (χ3n) is 9.37. The van der Waals surface area contributed by atoms with E-state index in [2.05, 4.69) is 44.7 Å². The summed E-state index contributed by atoms with van der Waals surface area (Å²) in [6.45, 7) is 11.3. The second kappa shape index (κ2) is 12.9. The van der Waals surface area contributed by atoms with Crippen LogP contribution >= 0.6 is 11.6 Å². The maximum Gasteiger partial charge on any atom is 0.269 e. The van der Waals surface area contributed by atoms with Crippen LogP contribution < -0.4 is 9.47 Å². The van der Waals surface area contributed by atoms with Crippen molar-refractivity contribution in [1.82, 2.24) is 4.90 Å². The Bertz CT molecular complexity index is 1810. The molecule has 2 aliphatic carbocycles. The maximum absolute atomic E-state index is 14.3. The van der Waals surface area contributed by atoms with Crippen LogP contribution in [0.5, 0.6) is 11.5 Å². The molecule has 3 aliphatic rings. The SMILES string of the molecule is CCOc1cc(C2C3=C(CC(C)(C)CC3=O)N(Cc3ccccc3)C3=C2C(=O)CC(C)(C)C3)cc(Cl)c1OCc1cccc([N+](=O)[O-])c1. The van der Waals surface area contributed by atoms with Gasteiger partial charge in [-0.25, -0.2) is 0 Å². The first-order valence-corrected chi connectivity index (χ1v) is 16.8. The lowest BCUT2D eigenvalue weighted by atomic mass is 9.63. The molecule has 3 aromatic carbocycles. The standard InChI is InChI=1S/C39H41ClN2O6/c1-6-47-33-17-26(16-28(40)37(33)48-23-25-13-10-14-27(15-25)42(45)46)34-35-29(18-38(2,3)20-31(35)43)41(22-24-11-8-7-9-12-24)30-19-39(4,5)21-32(44)36(30)34/h7-17,34H,6,18-23H2,1-5H3. The van der Waals surface area contributed by atoms with Crippen LogP contribution in [0.4, 0.5) is 5.69 Å². The van der Waals surface area contributed by atoms with E-state index in [1.807, 2.05) is 31.2 Å². The predicted molar refractivity (Wildman–Crippen MR) is 185 cm³/mol. The normalized spacial score (nSPS) is 18.8. The monoisotopic (exact) mass is 668 g/mol. The average molecular weight is 669 g/mol. The van der Waals surface area contributed by atoms with Gasteiger partial charge in [0.2, 0.25) is 0 Å². The highest BCUT2D eigenvalue weighted by Crippen LogP contribution is 2.56. The fourth-order valence-electron chi connectivity index (χ4n) is 7.41. The zero-order valence-electron chi connectivity index (χ0n) is 28.1. The van der Waals surface area contributed by atoms with Crippen molar-refractivity contribution in [2.45, 2.75) is 79.4 Å². The van der Waals surface area contributed by atoms with Crippen LogP contribution in [0, 0.1) is 20.9 Å². The van der Waals surface area contributed by atoms with Crippen molar-refractivity contribution < 1.29 is 24.0 Å². The molecule has 0 amide bonds. The van der Waals surface area contributed by atoms with Crippen LogP contribution in [0.15, 0.2) is 89.3 Å². The number of hydrogen-bond acceptors (Lipinski definition) is 7. The summed E-state index contributed by atoms with van der Waals surface area (Å²) >= 11 is 6.96. The van der Waals surface area contributed by atoms with E-state index in [1.54, 1.807) is 18.2 Å². The zero-order valence-corrected chi connectivity index (χ0v) is 28.9. The molecule has 0 saturated heterocycles. The van der Waals surface area contributed by atoms with Crippen molar-refractivity contribution >= 4 is 28.9 Å². The van der Waals surface area contributed by atoms with E-state index in [4.69, 9.17) is 21.1 Å². The molecule has 1 aliphatic heterocycles. The molecule has 3 aromatic rings. The minimum Gasteiger partial charge on any atom is -0.490 e. The van der Waals surface area contributed by atoms with Gasteiger partial charge in [-0.1, -0.05) is 81.8 Å². The summed E-state index contributed by atoms with van der Waals surface area (Å²) in [4.78, 5) is 41.7. The summed E-state index contributed by atoms with van der Waals surface area (Å²) in [5.41, 5.74) is 5.12. The van der Waals surface area contributed by atoms with Crippen molar-refractivity contribution in [3.63, 3.8) is 0 Å². The smallest absolute Gasteiger partial charge is 0.269 e. The molecule has 0 spiro atoms. The van der Waals surface area contributed by atoms with Gasteiger partial charge in [-0.3, -0.25) is 19.7 Å². The van der Waals surface area contributed by atoms with Crippen molar-refractivity contribution in [2.24, 2.45) is 10.8 Å². The number of Topliss-reactive ketones (excluding diaryl/α,β-unsaturated/α-hetero) is 2. The minimum atomic E-state index is -0.600. The Labute approximate surface area is 286 Å². The fraction of sp³-hybridized carbons (Fsp3) is 0.385. The molecule has 6 rings (SSSR count). The van der Waals surface area contributed by atoms with Gasteiger partial charge in [-0.2, -0.15) is 0 Å². The molecular weight excluding hydrogens is 628 g/mol. The molecule has 8 nitrogen and oxygen atoms in total. The number of nitro groups is 1. The topological polar surface area (TPSA) is 99.0 Å². The van der Waals surface area contributed by atoms with Gasteiger partial charge < -0.3 is 14.4 Å². The number of benzene rings is 3. The molecule has 0 fully saturated rings. The molecule has 0 atom stereocenters. The average Bonchev–Trinajstić information content (AvgIpc) is 3.01. The first-order chi connectivity index (χ1) is 22.8. The quantitative estimate of drug-likeness (QED) is 0.166. The van der Waals surface area contributed by atoms with Crippen molar-refractivity contribution in [3.8, 4) is 11.5 Å². The number of nitrogens with zero attached hydrogens (tertiary/aromatic N) is 2. The second-order valence-corrected chi connectivity index (χ2v) is 15.0. The molecule has 0 aromatic heterocycles. The van der Waals surface area contributed by atoms with Gasteiger partial charge in [-0.15, -0.1) is 0 Å². The lowest BCUT2D eigenvalue weighted by Crippen LogP contribution is -2.44. The Morgan fingerprint density at radius 2 is 1.44 bits per heavy atom. The van der Waals surface area contributed by atoms with Crippen LogP contribution in [-0.4, -0.2) is 28.0 Å². The summed E-state index contributed by atoms with van der Waals surface area (Å²) in [6, 6.07) is 20.0. The van der Waals surface area contributed by atoms with Gasteiger partial charge in [0.05, 0.1) is 16.6 Å². The molecule has 0 unspecified atom stereocenters. The molecule has 250 valence electrons. The maximum atomic E-state index is 14.3. The number of rotatable bonds is 9. The minimum absolute atomic E-state index is 0.0322. The van der Waals surface area contributed by atoms with E-state index in [0.29, 0.717) is 72.6 Å². The number of nitro benzene ring substituents is 1. The number of ether oxygens (including phenoxy) is 2. The van der Waals surface area contributed by atoms with Gasteiger partial charge in [0.25, 0.3) is 5.69 Å². The fourth-order valence-corrected chi connectivity index (χ4v) is 7.68. The molecule has 1 heterocycles. The Morgan fingerprint density at radius 1 is 0.833 bits per heavy atom. The zero-order chi connectivity index (χ0) is 34.4. The summed E-state index contributed by atoms with van der Waals surface area (Å²) in [7, 11) is 0. The van der Waals surface area contributed by atoms with E-state index in [-0.39, 0.29) is 39.7 Å². The van der Waals surface area contributed by atoms with Gasteiger partial charge in [0, 0.05) is 60.0 Å². The highest BCUT2D eigenvalue weighted by Gasteiger charge is 2.49. The number of carbonyl (C=O) groups is 2. The van der Waals surface area contributed by atoms with Gasteiger partial charge in [0.15, 0.2) is 23.1 Å². The number of allylic oxidation sites excluding steroid dienone is 4. The Hall–Kier alpha value is -4.43. The third-order valence-corrected chi connectivity index (χ3v) is 9.66. The van der Waals surface area contributed by atoms with Gasteiger partial charge in [0.1, 0.15) is 6.61 Å². The van der Waals surface area contributed by atoms with E-state index in [9.17, 15) is 19.7 Å². The van der Waals surface area contributed by atoms with Crippen molar-refractivity contribution in [3.05, 3.63) is 121 Å². The van der Waals surface area contributed by atoms with Crippen LogP contribution in [0.1, 0.15) is 82.9 Å². The third kappa shape index (κ3) is 6.63. The van der Waals surface area contributed by atoms with E-state index >= 15 is 0 Å². The van der Waals surface area contributed by atoms with E-state index < -0.39 is 10.8 Å². The first-order valence-electron chi connectivity index (χ1n) is 16.4. The van der Waals surface area contributed by atoms with Crippen LogP contribution in [-0.2, 0) is 22.7 Å². The predicted octanol–water partition coefficient (Wildman–Crippen LogP) is 9.11. The molecule has 0 N–H and O–H groups in total. The van der Waals surface area contributed by atoms with E-state index in [0.717, 1.165) is 17.0 Å². The molecule has 9 heteroatoms. The first kappa shape index (κ1) is 33.5. The van der Waals surface area contributed by atoms with Crippen LogP contribution in [0.2, 0.25) is 5.02 Å². The van der Waals surface area contributed by atoms with Crippen LogP contribution in [0.25, 0.3) is 0 Å². The number of hydrogen-bond donors (Lipinski definition) is 0. The number of ketones is 2. The van der Waals surface area contributed by atoms with E-state index in [1.165, 1.54) is 12.1 Å². The van der Waals surface area contributed by atoms with Crippen molar-refractivity contribution in [2.75, 3.05) is 6.61 Å². The second-order valence-electron chi connectivity index (χ2n) is 14.6. The number of carbonyl (C=O) groups excluding carboxylic acids is 2. The molecular formula is C39H41ClN2O6. The van der Waals surface area contributed by atoms with Gasteiger partial charge >= 0.3 is 0 Å². The Morgan fingerprint density at radius 3 is 2.02 bits per heavy atom. The lowest BCUT2D eigenvalue weighted by Gasteiger charge is -2.49. The molecule has 0 bridgehead atoms. The summed E-state index contributed by atoms with van der Waals surface area (Å²) in [5, 5.41) is 11.6. The van der Waals surface area contributed by atoms with Crippen LogP contribution in [0.3, 0.4) is 0 Å². The Balaban J connectivity index is 1.49. The highest BCUT2D eigenvalue weighted by atomic mass is 35.5. The summed E-state index contributed by atoms with van der Waals surface area (Å²) in [6.07, 6.45) is 2.14. The lowest BCUT2D eigenvalue weighted by molar-refractivity contribution is -0.384. The molecule has 48 heavy (non-hydrogen) atoms. The highest BCUT2D eigenvalue weighted by molar-refractivity contribution is 6.32.